The topological polar surface area (TPSA) is 84.6 Å². The molecule has 0 unspecified atom stereocenters. The molecule has 0 atom stereocenters. The molecule has 0 aliphatic heterocycles. The minimum Gasteiger partial charge on any atom is -0.440 e. The van der Waals surface area contributed by atoms with Crippen LogP contribution in [0.2, 0.25) is 0 Å². The summed E-state index contributed by atoms with van der Waals surface area (Å²) in [4.78, 5) is 3.55. The lowest BCUT2D eigenvalue weighted by Gasteiger charge is -1.85. The molecule has 1 heterocycles. The molecular formula is C4H5N3O2. The van der Waals surface area contributed by atoms with Crippen LogP contribution in [0.4, 0.5) is 0 Å². The lowest BCUT2D eigenvalue weighted by molar-refractivity contribution is 0.317. The fraction of sp³-hybridized carbons (Fsp3) is 0. The molecule has 0 radical (unpaired) electrons. The lowest BCUT2D eigenvalue weighted by Crippen LogP contribution is -2.11. The Balaban J connectivity index is 2.90. The first kappa shape index (κ1) is 5.61. The van der Waals surface area contributed by atoms with Crippen LogP contribution in [0.3, 0.4) is 0 Å². The Kier molecular flexibility index (Phi) is 1.35. The minimum atomic E-state index is -0.0764. The van der Waals surface area contributed by atoms with E-state index in [9.17, 15) is 0 Å². The number of rotatable bonds is 1. The zero-order valence-corrected chi connectivity index (χ0v) is 4.48. The van der Waals surface area contributed by atoms with Crippen molar-refractivity contribution in [1.82, 2.24) is 4.98 Å². The number of oxime groups is 1. The van der Waals surface area contributed by atoms with E-state index in [-0.39, 0.29) is 11.6 Å². The Bertz CT molecular complexity index is 204. The molecule has 0 aromatic carbocycles. The monoisotopic (exact) mass is 127 g/mol. The number of nitrogens with two attached hydrogens (primary N) is 1. The van der Waals surface area contributed by atoms with Gasteiger partial charge in [0.2, 0.25) is 5.84 Å². The third kappa shape index (κ3) is 0.987. The van der Waals surface area contributed by atoms with Crippen molar-refractivity contribution in [2.75, 3.05) is 0 Å². The van der Waals surface area contributed by atoms with Gasteiger partial charge in [-0.05, 0) is 0 Å². The fourth-order valence-corrected chi connectivity index (χ4v) is 0.392. The van der Waals surface area contributed by atoms with E-state index in [0.717, 1.165) is 0 Å². The molecule has 0 saturated heterocycles. The summed E-state index contributed by atoms with van der Waals surface area (Å²) in [6.45, 7) is 0. The summed E-state index contributed by atoms with van der Waals surface area (Å²) in [6, 6.07) is 0. The van der Waals surface area contributed by atoms with Crippen molar-refractivity contribution in [2.45, 2.75) is 0 Å². The Morgan fingerprint density at radius 2 is 2.67 bits per heavy atom. The quantitative estimate of drug-likeness (QED) is 0.236. The second-order valence-electron chi connectivity index (χ2n) is 1.35. The Hall–Kier alpha value is -1.52. The third-order valence-corrected chi connectivity index (χ3v) is 0.793. The Labute approximate surface area is 50.8 Å². The lowest BCUT2D eigenvalue weighted by atomic mass is 10.5. The van der Waals surface area contributed by atoms with Crippen molar-refractivity contribution in [3.63, 3.8) is 0 Å². The average Bonchev–Trinajstić information content (AvgIpc) is 2.37. The average molecular weight is 127 g/mol. The van der Waals surface area contributed by atoms with Gasteiger partial charge in [0.05, 0.1) is 6.20 Å². The molecule has 0 saturated carbocycles. The second-order valence-corrected chi connectivity index (χ2v) is 1.35. The molecule has 3 N–H and O–H groups in total. The van der Waals surface area contributed by atoms with Gasteiger partial charge >= 0.3 is 0 Å². The first-order valence-electron chi connectivity index (χ1n) is 2.21. The number of hydrogen-bond acceptors (Lipinski definition) is 4. The van der Waals surface area contributed by atoms with Gasteiger partial charge in [-0.3, -0.25) is 0 Å². The molecule has 1 aromatic heterocycles. The van der Waals surface area contributed by atoms with Crippen molar-refractivity contribution in [1.29, 1.82) is 0 Å². The van der Waals surface area contributed by atoms with Crippen LogP contribution in [0, 0.1) is 0 Å². The van der Waals surface area contributed by atoms with Gasteiger partial charge in [-0.25, -0.2) is 4.98 Å². The minimum absolute atomic E-state index is 0.0764. The van der Waals surface area contributed by atoms with E-state index in [1.54, 1.807) is 0 Å². The summed E-state index contributed by atoms with van der Waals surface area (Å²) < 4.78 is 4.66. The standard InChI is InChI=1S/C4H5N3O2/c5-4(7-8)3-1-6-2-9-3/h1-2,8H,(H2,5,7). The van der Waals surface area contributed by atoms with Crippen molar-refractivity contribution >= 4 is 5.84 Å². The van der Waals surface area contributed by atoms with Crippen LogP contribution in [0.15, 0.2) is 22.2 Å². The molecule has 1 rings (SSSR count). The number of aromatic nitrogens is 1. The predicted octanol–water partition coefficient (Wildman–Crippen LogP) is -0.231. The second kappa shape index (κ2) is 2.17. The van der Waals surface area contributed by atoms with Crippen molar-refractivity contribution in [3.8, 4) is 0 Å². The molecule has 9 heavy (non-hydrogen) atoms. The number of oxazole rings is 1. The molecule has 5 heteroatoms. The molecule has 0 fully saturated rings. The molecule has 1 aromatic rings. The SMILES string of the molecule is N/C(=N\O)c1cnco1. The van der Waals surface area contributed by atoms with Crippen LogP contribution >= 0.6 is 0 Å². The van der Waals surface area contributed by atoms with Crippen molar-refractivity contribution < 1.29 is 9.62 Å². The fourth-order valence-electron chi connectivity index (χ4n) is 0.392. The summed E-state index contributed by atoms with van der Waals surface area (Å²) >= 11 is 0. The molecule has 0 aliphatic rings. The van der Waals surface area contributed by atoms with Gasteiger partial charge in [0.15, 0.2) is 12.2 Å². The largest absolute Gasteiger partial charge is 0.440 e. The van der Waals surface area contributed by atoms with Gasteiger partial charge < -0.3 is 15.4 Å². The summed E-state index contributed by atoms with van der Waals surface area (Å²) in [5, 5.41) is 10.8. The highest BCUT2D eigenvalue weighted by atomic mass is 16.4. The zero-order valence-electron chi connectivity index (χ0n) is 4.48. The predicted molar refractivity (Wildman–Crippen MR) is 29.0 cm³/mol. The van der Waals surface area contributed by atoms with Crippen LogP contribution in [0.1, 0.15) is 5.76 Å². The molecule has 5 nitrogen and oxygen atoms in total. The van der Waals surface area contributed by atoms with Crippen LogP contribution in [0.5, 0.6) is 0 Å². The summed E-state index contributed by atoms with van der Waals surface area (Å²) in [5.74, 6) is 0.185. The van der Waals surface area contributed by atoms with Gasteiger partial charge in [0, 0.05) is 0 Å². The number of amidine groups is 1. The number of hydrogen-bond donors (Lipinski definition) is 2. The Morgan fingerprint density at radius 1 is 1.89 bits per heavy atom. The highest BCUT2D eigenvalue weighted by Gasteiger charge is 1.99. The van der Waals surface area contributed by atoms with E-state index in [1.807, 2.05) is 0 Å². The summed E-state index contributed by atoms with van der Waals surface area (Å²) in [7, 11) is 0. The third-order valence-electron chi connectivity index (χ3n) is 0.793. The highest BCUT2D eigenvalue weighted by molar-refractivity contribution is 5.93. The van der Waals surface area contributed by atoms with E-state index in [0.29, 0.717) is 0 Å². The molecule has 0 spiro atoms. The normalized spacial score (nSPS) is 11.8. The Morgan fingerprint density at radius 3 is 3.11 bits per heavy atom. The maximum Gasteiger partial charge on any atom is 0.207 e. The maximum atomic E-state index is 8.08. The number of nitrogens with zero attached hydrogens (tertiary/aromatic N) is 2. The van der Waals surface area contributed by atoms with Crippen molar-refractivity contribution in [3.05, 3.63) is 18.4 Å². The van der Waals surface area contributed by atoms with Gasteiger partial charge in [0.1, 0.15) is 0 Å². The molecule has 0 bridgehead atoms. The van der Waals surface area contributed by atoms with Gasteiger partial charge in [0.25, 0.3) is 0 Å². The van der Waals surface area contributed by atoms with E-state index < -0.39 is 0 Å². The molecule has 48 valence electrons. The smallest absolute Gasteiger partial charge is 0.207 e. The maximum absolute atomic E-state index is 8.08. The van der Waals surface area contributed by atoms with Crippen LogP contribution < -0.4 is 5.73 Å². The summed E-state index contributed by atoms with van der Waals surface area (Å²) in [6.07, 6.45) is 2.56. The van der Waals surface area contributed by atoms with E-state index in [1.165, 1.54) is 12.6 Å². The van der Waals surface area contributed by atoms with Crippen LogP contribution in [-0.2, 0) is 0 Å². The van der Waals surface area contributed by atoms with Gasteiger partial charge in [-0.15, -0.1) is 0 Å². The molecular weight excluding hydrogens is 122 g/mol. The van der Waals surface area contributed by atoms with Crippen molar-refractivity contribution in [2.24, 2.45) is 10.9 Å². The van der Waals surface area contributed by atoms with Crippen LogP contribution in [0.25, 0.3) is 0 Å². The van der Waals surface area contributed by atoms with Gasteiger partial charge in [-0.2, -0.15) is 0 Å². The van der Waals surface area contributed by atoms with Gasteiger partial charge in [-0.1, -0.05) is 5.16 Å². The highest BCUT2D eigenvalue weighted by Crippen LogP contribution is 1.93. The first-order chi connectivity index (χ1) is 4.34. The van der Waals surface area contributed by atoms with E-state index in [4.69, 9.17) is 10.9 Å². The molecule has 0 aliphatic carbocycles. The molecule has 0 amide bonds. The zero-order chi connectivity index (χ0) is 6.69. The van der Waals surface area contributed by atoms with E-state index in [2.05, 4.69) is 14.6 Å². The van der Waals surface area contributed by atoms with Crippen LogP contribution in [-0.4, -0.2) is 16.0 Å². The summed E-state index contributed by atoms with van der Waals surface area (Å²) in [5.41, 5.74) is 5.10. The van der Waals surface area contributed by atoms with E-state index >= 15 is 0 Å². The first-order valence-corrected chi connectivity index (χ1v) is 2.21.